The van der Waals surface area contributed by atoms with E-state index in [9.17, 15) is 19.6 Å². The average molecular weight is 338 g/mol. The normalized spacial score (nSPS) is 16.7. The van der Waals surface area contributed by atoms with Crippen LogP contribution in [0.1, 0.15) is 30.3 Å². The van der Waals surface area contributed by atoms with Crippen LogP contribution in [0.15, 0.2) is 16.9 Å². The zero-order chi connectivity index (χ0) is 16.7. The number of methoxy groups -OCH3 is 1. The number of nitrogens with zero attached hydrogens (tertiary/aromatic N) is 3. The summed E-state index contributed by atoms with van der Waals surface area (Å²) in [5.41, 5.74) is -0.567. The molecule has 120 valence electrons. The first-order valence-corrected chi connectivity index (χ1v) is 7.34. The number of aromatic nitrogens is 2. The molecule has 0 aliphatic carbocycles. The minimum Gasteiger partial charge on any atom is -0.495 e. The number of halogens is 2. The molecule has 1 N–H and O–H groups in total. The van der Waals surface area contributed by atoms with Crippen LogP contribution in [0.2, 0.25) is 5.02 Å². The lowest BCUT2D eigenvalue weighted by Crippen LogP contribution is -2.27. The van der Waals surface area contributed by atoms with Crippen molar-refractivity contribution in [3.8, 4) is 17.5 Å². The van der Waals surface area contributed by atoms with Crippen molar-refractivity contribution >= 4 is 11.6 Å². The smallest absolute Gasteiger partial charge is 0.334 e. The Morgan fingerprint density at radius 3 is 2.91 bits per heavy atom. The van der Waals surface area contributed by atoms with Crippen molar-refractivity contribution in [3.05, 3.63) is 44.8 Å². The summed E-state index contributed by atoms with van der Waals surface area (Å²) in [4.78, 5) is 12.6. The van der Waals surface area contributed by atoms with Crippen molar-refractivity contribution in [1.82, 2.24) is 9.13 Å². The summed E-state index contributed by atoms with van der Waals surface area (Å²) >= 11 is 5.86. The van der Waals surface area contributed by atoms with Gasteiger partial charge >= 0.3 is 5.69 Å². The van der Waals surface area contributed by atoms with Gasteiger partial charge in [-0.2, -0.15) is 5.26 Å². The van der Waals surface area contributed by atoms with Gasteiger partial charge in [-0.25, -0.2) is 13.8 Å². The van der Waals surface area contributed by atoms with Gasteiger partial charge in [-0.15, -0.1) is 0 Å². The molecule has 0 fully saturated rings. The summed E-state index contributed by atoms with van der Waals surface area (Å²) in [6.07, 6.45) is 0.129. The van der Waals surface area contributed by atoms with Gasteiger partial charge in [-0.1, -0.05) is 11.6 Å². The fraction of sp³-hybridized carbons (Fsp3) is 0.333. The molecule has 0 saturated heterocycles. The van der Waals surface area contributed by atoms with Gasteiger partial charge in [0.25, 0.3) is 0 Å². The predicted molar refractivity (Wildman–Crippen MR) is 80.5 cm³/mol. The Hall–Kier alpha value is -2.30. The van der Waals surface area contributed by atoms with E-state index in [4.69, 9.17) is 16.3 Å². The second kappa shape index (κ2) is 5.72. The number of rotatable bonds is 2. The first kappa shape index (κ1) is 15.6. The molecule has 1 unspecified atom stereocenters. The average Bonchev–Trinajstić information content (AvgIpc) is 2.81. The molecule has 1 aromatic carbocycles. The van der Waals surface area contributed by atoms with Gasteiger partial charge in [0.15, 0.2) is 5.69 Å². The lowest BCUT2D eigenvalue weighted by Gasteiger charge is -2.18. The largest absolute Gasteiger partial charge is 0.495 e. The highest BCUT2D eigenvalue weighted by atomic mass is 35.5. The molecule has 2 heterocycles. The first-order valence-electron chi connectivity index (χ1n) is 6.96. The van der Waals surface area contributed by atoms with E-state index in [1.807, 2.05) is 6.07 Å². The molecular weight excluding hydrogens is 325 g/mol. The minimum absolute atomic E-state index is 0.0595. The van der Waals surface area contributed by atoms with Crippen molar-refractivity contribution in [3.63, 3.8) is 0 Å². The third-order valence-corrected chi connectivity index (χ3v) is 4.22. The SMILES string of the molecule is COc1cc(-n2c(C#N)c3n(c2=O)CCCC3O)c(F)cc1Cl. The number of hydrogen-bond donors (Lipinski definition) is 1. The van der Waals surface area contributed by atoms with Crippen LogP contribution in [-0.2, 0) is 6.54 Å². The summed E-state index contributed by atoms with van der Waals surface area (Å²) in [5.74, 6) is -0.574. The van der Waals surface area contributed by atoms with E-state index in [2.05, 4.69) is 0 Å². The monoisotopic (exact) mass is 337 g/mol. The van der Waals surface area contributed by atoms with Crippen LogP contribution in [0.3, 0.4) is 0 Å². The summed E-state index contributed by atoms with van der Waals surface area (Å²) in [7, 11) is 1.37. The Bertz CT molecular complexity index is 882. The zero-order valence-corrected chi connectivity index (χ0v) is 13.0. The first-order chi connectivity index (χ1) is 11.0. The van der Waals surface area contributed by atoms with Crippen LogP contribution in [-0.4, -0.2) is 21.4 Å². The number of fused-ring (bicyclic) bond motifs is 1. The zero-order valence-electron chi connectivity index (χ0n) is 12.2. The second-order valence-corrected chi connectivity index (χ2v) is 5.62. The molecule has 0 bridgehead atoms. The molecule has 3 rings (SSSR count). The van der Waals surface area contributed by atoms with Gasteiger partial charge in [0.1, 0.15) is 17.6 Å². The highest BCUT2D eigenvalue weighted by Crippen LogP contribution is 2.32. The van der Waals surface area contributed by atoms with Crippen LogP contribution < -0.4 is 10.4 Å². The summed E-state index contributed by atoms with van der Waals surface area (Å²) < 4.78 is 21.6. The lowest BCUT2D eigenvalue weighted by molar-refractivity contribution is 0.138. The molecule has 0 spiro atoms. The number of aliphatic hydroxyl groups excluding tert-OH is 1. The maximum Gasteiger partial charge on any atom is 0.334 e. The predicted octanol–water partition coefficient (Wildman–Crippen LogP) is 2.14. The molecule has 8 heteroatoms. The number of benzene rings is 1. The Morgan fingerprint density at radius 1 is 1.52 bits per heavy atom. The van der Waals surface area contributed by atoms with Crippen molar-refractivity contribution in [2.75, 3.05) is 7.11 Å². The Balaban J connectivity index is 2.35. The van der Waals surface area contributed by atoms with E-state index in [-0.39, 0.29) is 27.8 Å². The molecule has 1 aliphatic rings. The van der Waals surface area contributed by atoms with E-state index < -0.39 is 17.6 Å². The van der Waals surface area contributed by atoms with E-state index in [0.717, 1.165) is 10.6 Å². The van der Waals surface area contributed by atoms with Crippen molar-refractivity contribution < 1.29 is 14.2 Å². The van der Waals surface area contributed by atoms with Gasteiger partial charge in [0.2, 0.25) is 0 Å². The summed E-state index contributed by atoms with van der Waals surface area (Å²) in [6.45, 7) is 0.374. The molecule has 6 nitrogen and oxygen atoms in total. The molecule has 23 heavy (non-hydrogen) atoms. The third-order valence-electron chi connectivity index (χ3n) is 3.92. The van der Waals surface area contributed by atoms with Gasteiger partial charge in [-0.3, -0.25) is 4.57 Å². The van der Waals surface area contributed by atoms with Crippen molar-refractivity contribution in [2.45, 2.75) is 25.5 Å². The summed E-state index contributed by atoms with van der Waals surface area (Å²) in [5, 5.41) is 19.6. The second-order valence-electron chi connectivity index (χ2n) is 5.21. The Morgan fingerprint density at radius 2 is 2.26 bits per heavy atom. The molecule has 1 aliphatic heterocycles. The molecule has 1 atom stereocenters. The van der Waals surface area contributed by atoms with Crippen LogP contribution in [0.4, 0.5) is 4.39 Å². The van der Waals surface area contributed by atoms with Gasteiger partial charge in [0, 0.05) is 12.6 Å². The van der Waals surface area contributed by atoms with Gasteiger partial charge in [0.05, 0.1) is 29.6 Å². The molecule has 1 aromatic heterocycles. The standard InChI is InChI=1S/C15H13ClFN3O3/c1-23-13-6-10(9(17)5-8(13)16)20-11(7-18)14-12(21)3-2-4-19(14)15(20)22/h5-6,12,21H,2-4H2,1H3. The van der Waals surface area contributed by atoms with Crippen LogP contribution in [0.5, 0.6) is 5.75 Å². The lowest BCUT2D eigenvalue weighted by atomic mass is 10.1. The number of aliphatic hydroxyl groups is 1. The molecule has 0 saturated carbocycles. The number of ether oxygens (including phenoxy) is 1. The highest BCUT2D eigenvalue weighted by molar-refractivity contribution is 6.32. The Kier molecular flexibility index (Phi) is 3.88. The van der Waals surface area contributed by atoms with Crippen molar-refractivity contribution in [1.29, 1.82) is 5.26 Å². The number of imidazole rings is 1. The van der Waals surface area contributed by atoms with Crippen LogP contribution in [0.25, 0.3) is 5.69 Å². The van der Waals surface area contributed by atoms with E-state index in [1.165, 1.54) is 17.7 Å². The number of nitriles is 1. The van der Waals surface area contributed by atoms with Gasteiger partial charge in [-0.05, 0) is 18.9 Å². The van der Waals surface area contributed by atoms with Crippen molar-refractivity contribution in [2.24, 2.45) is 0 Å². The van der Waals surface area contributed by atoms with E-state index in [0.29, 0.717) is 19.4 Å². The third kappa shape index (κ3) is 2.31. The quantitative estimate of drug-likeness (QED) is 0.910. The van der Waals surface area contributed by atoms with E-state index >= 15 is 0 Å². The van der Waals surface area contributed by atoms with E-state index in [1.54, 1.807) is 0 Å². The number of hydrogen-bond acceptors (Lipinski definition) is 4. The molecular formula is C15H13ClFN3O3. The Labute approximate surface area is 135 Å². The summed E-state index contributed by atoms with van der Waals surface area (Å²) in [6, 6.07) is 4.18. The molecule has 0 radical (unpaired) electrons. The maximum absolute atomic E-state index is 14.3. The van der Waals surface area contributed by atoms with Crippen LogP contribution >= 0.6 is 11.6 Å². The topological polar surface area (TPSA) is 80.2 Å². The maximum atomic E-state index is 14.3. The molecule has 2 aromatic rings. The fourth-order valence-electron chi connectivity index (χ4n) is 2.87. The minimum atomic E-state index is -0.926. The molecule has 0 amide bonds. The van der Waals surface area contributed by atoms with Crippen LogP contribution in [0, 0.1) is 17.1 Å². The van der Waals surface area contributed by atoms with Gasteiger partial charge < -0.3 is 9.84 Å². The fourth-order valence-corrected chi connectivity index (χ4v) is 3.10. The highest BCUT2D eigenvalue weighted by Gasteiger charge is 2.30.